The zero-order chi connectivity index (χ0) is 21.4. The van der Waals surface area contributed by atoms with Gasteiger partial charge in [0.15, 0.2) is 0 Å². The molecule has 2 atom stereocenters. The van der Waals surface area contributed by atoms with Crippen LogP contribution in [0.1, 0.15) is 38.1 Å². The minimum atomic E-state index is -0.558. The van der Waals surface area contributed by atoms with Crippen LogP contribution in [0.3, 0.4) is 0 Å². The maximum atomic E-state index is 13.6. The van der Waals surface area contributed by atoms with E-state index >= 15 is 0 Å². The topological polar surface area (TPSA) is 62.2 Å². The highest BCUT2D eigenvalue weighted by Gasteiger charge is 2.27. The van der Waals surface area contributed by atoms with Gasteiger partial charge in [0.25, 0.3) is 5.91 Å². The van der Waals surface area contributed by atoms with Crippen LogP contribution in [-0.2, 0) is 9.47 Å². The number of nitrogens with zero attached hydrogens (tertiary/aromatic N) is 2. The van der Waals surface area contributed by atoms with Crippen LogP contribution in [0.2, 0.25) is 0 Å². The lowest BCUT2D eigenvalue weighted by Crippen LogP contribution is -2.51. The lowest BCUT2D eigenvalue weighted by atomic mass is 10.1. The Kier molecular flexibility index (Phi) is 9.49. The van der Waals surface area contributed by atoms with E-state index in [4.69, 9.17) is 9.47 Å². The van der Waals surface area contributed by atoms with E-state index < -0.39 is 11.9 Å². The predicted octanol–water partition coefficient (Wildman–Crippen LogP) is 2.41. The van der Waals surface area contributed by atoms with Gasteiger partial charge in [-0.25, -0.2) is 4.39 Å². The smallest absolute Gasteiger partial charge is 0.254 e. The van der Waals surface area contributed by atoms with E-state index in [2.05, 4.69) is 4.90 Å². The molecule has 1 heterocycles. The van der Waals surface area contributed by atoms with Crippen LogP contribution in [0.4, 0.5) is 4.39 Å². The summed E-state index contributed by atoms with van der Waals surface area (Å²) in [6, 6.07) is 5.79. The van der Waals surface area contributed by atoms with E-state index in [1.165, 1.54) is 12.1 Å². The first kappa shape index (κ1) is 23.7. The molecule has 1 N–H and O–H groups in total. The van der Waals surface area contributed by atoms with Crippen molar-refractivity contribution in [3.63, 3.8) is 0 Å². The van der Waals surface area contributed by atoms with Crippen LogP contribution in [0.25, 0.3) is 0 Å². The zero-order valence-electron chi connectivity index (χ0n) is 18.0. The summed E-state index contributed by atoms with van der Waals surface area (Å²) in [4.78, 5) is 16.8. The Morgan fingerprint density at radius 3 is 2.79 bits per heavy atom. The van der Waals surface area contributed by atoms with Crippen molar-refractivity contribution in [3.8, 4) is 0 Å². The Labute approximate surface area is 173 Å². The number of carbonyl (C=O) groups excluding carboxylic acids is 1. The third kappa shape index (κ3) is 8.38. The second-order valence-electron chi connectivity index (χ2n) is 8.40. The van der Waals surface area contributed by atoms with Gasteiger partial charge < -0.3 is 19.5 Å². The Morgan fingerprint density at radius 1 is 1.38 bits per heavy atom. The molecule has 0 saturated carbocycles. The maximum absolute atomic E-state index is 13.6. The van der Waals surface area contributed by atoms with E-state index in [1.54, 1.807) is 17.0 Å². The summed E-state index contributed by atoms with van der Waals surface area (Å²) < 4.78 is 24.9. The molecule has 0 spiro atoms. The molecule has 1 saturated heterocycles. The molecule has 2 rings (SSSR count). The normalized spacial score (nSPS) is 19.0. The largest absolute Gasteiger partial charge is 0.389 e. The summed E-state index contributed by atoms with van der Waals surface area (Å²) in [5.41, 5.74) is 0.347. The number of hydrogen-bond donors (Lipinski definition) is 1. The van der Waals surface area contributed by atoms with E-state index in [0.717, 1.165) is 6.54 Å². The summed E-state index contributed by atoms with van der Waals surface area (Å²) >= 11 is 0. The molecule has 1 aliphatic heterocycles. The number of halogens is 1. The van der Waals surface area contributed by atoms with Crippen molar-refractivity contribution in [2.24, 2.45) is 5.92 Å². The number of carbonyl (C=O) groups is 1. The van der Waals surface area contributed by atoms with Gasteiger partial charge in [-0.05, 0) is 38.0 Å². The van der Waals surface area contributed by atoms with Crippen molar-refractivity contribution in [1.29, 1.82) is 0 Å². The fourth-order valence-corrected chi connectivity index (χ4v) is 3.44. The first-order valence-electron chi connectivity index (χ1n) is 10.4. The van der Waals surface area contributed by atoms with Gasteiger partial charge in [0.2, 0.25) is 0 Å². The number of aliphatic hydroxyl groups is 1. The average molecular weight is 411 g/mol. The quantitative estimate of drug-likeness (QED) is 0.642. The number of morpholine rings is 1. The molecule has 7 heteroatoms. The molecule has 1 fully saturated rings. The van der Waals surface area contributed by atoms with Gasteiger partial charge in [0.05, 0.1) is 31.5 Å². The Bertz CT molecular complexity index is 641. The minimum Gasteiger partial charge on any atom is -0.389 e. The second kappa shape index (κ2) is 11.6. The molecular weight excluding hydrogens is 375 g/mol. The molecule has 0 radical (unpaired) electrons. The standard InChI is InChI=1S/C22H35FN2O4/c1-16(2)11-25(22(27)18-6-5-7-19(23)10-18)14-21-13-24(8-9-28-21)12-20(26)15-29-17(3)4/h5-7,10,16-17,20-21,26H,8-9,11-15H2,1-4H3. The zero-order valence-corrected chi connectivity index (χ0v) is 18.0. The average Bonchev–Trinajstić information content (AvgIpc) is 2.65. The lowest BCUT2D eigenvalue weighted by molar-refractivity contribution is -0.0631. The van der Waals surface area contributed by atoms with Crippen molar-refractivity contribution in [1.82, 2.24) is 9.80 Å². The van der Waals surface area contributed by atoms with Gasteiger partial charge in [0.1, 0.15) is 5.82 Å². The van der Waals surface area contributed by atoms with E-state index in [9.17, 15) is 14.3 Å². The molecule has 0 aromatic heterocycles. The van der Waals surface area contributed by atoms with Crippen molar-refractivity contribution in [2.45, 2.75) is 46.0 Å². The summed E-state index contributed by atoms with van der Waals surface area (Å²) in [5.74, 6) is -0.329. The number of benzene rings is 1. The third-order valence-electron chi connectivity index (χ3n) is 4.68. The van der Waals surface area contributed by atoms with Crippen molar-refractivity contribution >= 4 is 5.91 Å². The Balaban J connectivity index is 1.96. The van der Waals surface area contributed by atoms with Gasteiger partial charge in [-0.1, -0.05) is 19.9 Å². The molecule has 2 unspecified atom stereocenters. The monoisotopic (exact) mass is 410 g/mol. The molecule has 0 bridgehead atoms. The van der Waals surface area contributed by atoms with Crippen LogP contribution in [-0.4, -0.2) is 85.1 Å². The number of ether oxygens (including phenoxy) is 2. The molecular formula is C22H35FN2O4. The highest BCUT2D eigenvalue weighted by atomic mass is 19.1. The highest BCUT2D eigenvalue weighted by Crippen LogP contribution is 2.14. The molecule has 1 amide bonds. The molecule has 164 valence electrons. The summed E-state index contributed by atoms with van der Waals surface area (Å²) in [5, 5.41) is 10.2. The molecule has 1 aromatic rings. The number of aliphatic hydroxyl groups excluding tert-OH is 1. The van der Waals surface area contributed by atoms with Crippen molar-refractivity contribution < 1.29 is 23.8 Å². The number of rotatable bonds is 10. The number of β-amino-alcohol motifs (C(OH)–C–C–N with tert-alkyl or cyclic N) is 1. The fraction of sp³-hybridized carbons (Fsp3) is 0.682. The van der Waals surface area contributed by atoms with Crippen LogP contribution in [0.15, 0.2) is 24.3 Å². The highest BCUT2D eigenvalue weighted by molar-refractivity contribution is 5.94. The maximum Gasteiger partial charge on any atom is 0.254 e. The van der Waals surface area contributed by atoms with Gasteiger partial charge in [-0.3, -0.25) is 9.69 Å². The third-order valence-corrected chi connectivity index (χ3v) is 4.68. The molecule has 0 aliphatic carbocycles. The lowest BCUT2D eigenvalue weighted by Gasteiger charge is -2.37. The minimum absolute atomic E-state index is 0.0838. The first-order valence-corrected chi connectivity index (χ1v) is 10.4. The van der Waals surface area contributed by atoms with Crippen molar-refractivity contribution in [2.75, 3.05) is 45.9 Å². The van der Waals surface area contributed by atoms with Gasteiger partial charge in [0, 0.05) is 38.3 Å². The van der Waals surface area contributed by atoms with Crippen LogP contribution < -0.4 is 0 Å². The molecule has 1 aromatic carbocycles. The molecule has 29 heavy (non-hydrogen) atoms. The Morgan fingerprint density at radius 2 is 2.14 bits per heavy atom. The first-order chi connectivity index (χ1) is 13.7. The predicted molar refractivity (Wildman–Crippen MR) is 110 cm³/mol. The van der Waals surface area contributed by atoms with Crippen LogP contribution >= 0.6 is 0 Å². The van der Waals surface area contributed by atoms with Crippen LogP contribution in [0, 0.1) is 11.7 Å². The van der Waals surface area contributed by atoms with E-state index in [-0.39, 0.29) is 24.0 Å². The van der Waals surface area contributed by atoms with Crippen molar-refractivity contribution in [3.05, 3.63) is 35.6 Å². The van der Waals surface area contributed by atoms with E-state index in [0.29, 0.717) is 45.0 Å². The summed E-state index contributed by atoms with van der Waals surface area (Å²) in [6.07, 6.45) is -0.629. The molecule has 6 nitrogen and oxygen atoms in total. The van der Waals surface area contributed by atoms with E-state index in [1.807, 2.05) is 27.7 Å². The summed E-state index contributed by atoms with van der Waals surface area (Å²) in [6.45, 7) is 11.7. The van der Waals surface area contributed by atoms with Gasteiger partial charge in [-0.2, -0.15) is 0 Å². The van der Waals surface area contributed by atoms with Crippen LogP contribution in [0.5, 0.6) is 0 Å². The number of hydrogen-bond acceptors (Lipinski definition) is 5. The van der Waals surface area contributed by atoms with Gasteiger partial charge >= 0.3 is 0 Å². The van der Waals surface area contributed by atoms with Gasteiger partial charge in [-0.15, -0.1) is 0 Å². The molecule has 1 aliphatic rings. The fourth-order valence-electron chi connectivity index (χ4n) is 3.44. The number of amides is 1. The Hall–Kier alpha value is -1.54. The second-order valence-corrected chi connectivity index (χ2v) is 8.40. The summed E-state index contributed by atoms with van der Waals surface area (Å²) in [7, 11) is 0. The SMILES string of the molecule is CC(C)CN(CC1CN(CC(O)COC(C)C)CCO1)C(=O)c1cccc(F)c1.